The summed E-state index contributed by atoms with van der Waals surface area (Å²) in [6.07, 6.45) is 6.31. The number of hydrogen-bond acceptors (Lipinski definition) is 3. The van der Waals surface area contributed by atoms with Crippen molar-refractivity contribution in [1.29, 1.82) is 0 Å². The van der Waals surface area contributed by atoms with Crippen molar-refractivity contribution in [2.45, 2.75) is 43.6 Å². The molecule has 1 heterocycles. The number of rotatable bonds is 2. The molecule has 0 bridgehead atoms. The topological polar surface area (TPSA) is 38.9 Å². The standard InChI is InChI=1S/C10H14N2S/c11-10(4-5-10)9-12-8(6-13-9)7-2-1-3-7/h6-7H,1-5,11H2. The van der Waals surface area contributed by atoms with E-state index in [1.807, 2.05) is 0 Å². The van der Waals surface area contributed by atoms with Crippen LogP contribution in [0, 0.1) is 0 Å². The fraction of sp³-hybridized carbons (Fsp3) is 0.700. The van der Waals surface area contributed by atoms with E-state index in [9.17, 15) is 0 Å². The largest absolute Gasteiger partial charge is 0.319 e. The van der Waals surface area contributed by atoms with Crippen LogP contribution in [0.15, 0.2) is 5.38 Å². The van der Waals surface area contributed by atoms with Crippen LogP contribution >= 0.6 is 11.3 Å². The van der Waals surface area contributed by atoms with Crippen molar-refractivity contribution in [3.63, 3.8) is 0 Å². The summed E-state index contributed by atoms with van der Waals surface area (Å²) in [6, 6.07) is 0. The van der Waals surface area contributed by atoms with Crippen LogP contribution in [-0.4, -0.2) is 4.98 Å². The molecule has 0 atom stereocenters. The Labute approximate surface area is 82.2 Å². The first kappa shape index (κ1) is 7.94. The quantitative estimate of drug-likeness (QED) is 0.785. The Hall–Kier alpha value is -0.410. The smallest absolute Gasteiger partial charge is 0.113 e. The Balaban J connectivity index is 1.85. The van der Waals surface area contributed by atoms with Gasteiger partial charge in [-0.1, -0.05) is 6.42 Å². The summed E-state index contributed by atoms with van der Waals surface area (Å²) < 4.78 is 0. The summed E-state index contributed by atoms with van der Waals surface area (Å²) in [5, 5.41) is 3.39. The second-order valence-electron chi connectivity index (χ2n) is 4.36. The van der Waals surface area contributed by atoms with Crippen LogP contribution in [0.2, 0.25) is 0 Å². The molecule has 3 rings (SSSR count). The lowest BCUT2D eigenvalue weighted by molar-refractivity contribution is 0.411. The second kappa shape index (κ2) is 2.55. The van der Waals surface area contributed by atoms with Gasteiger partial charge in [0.05, 0.1) is 11.2 Å². The molecule has 2 saturated carbocycles. The van der Waals surface area contributed by atoms with E-state index < -0.39 is 0 Å². The molecule has 2 aliphatic rings. The van der Waals surface area contributed by atoms with Crippen molar-refractivity contribution in [1.82, 2.24) is 4.98 Å². The van der Waals surface area contributed by atoms with E-state index in [0.29, 0.717) is 0 Å². The van der Waals surface area contributed by atoms with Crippen LogP contribution in [0.1, 0.15) is 48.7 Å². The number of hydrogen-bond donors (Lipinski definition) is 1. The van der Waals surface area contributed by atoms with E-state index in [1.54, 1.807) is 11.3 Å². The van der Waals surface area contributed by atoms with Crippen molar-refractivity contribution < 1.29 is 0 Å². The Morgan fingerprint density at radius 2 is 2.23 bits per heavy atom. The highest BCUT2D eigenvalue weighted by molar-refractivity contribution is 7.09. The van der Waals surface area contributed by atoms with Gasteiger partial charge in [-0.05, 0) is 25.7 Å². The number of nitrogens with two attached hydrogens (primary N) is 1. The predicted molar refractivity (Wildman–Crippen MR) is 53.8 cm³/mol. The molecule has 1 aromatic rings. The summed E-state index contributed by atoms with van der Waals surface area (Å²) in [5.41, 5.74) is 7.38. The molecular formula is C10H14N2S. The van der Waals surface area contributed by atoms with Crippen LogP contribution in [-0.2, 0) is 5.54 Å². The van der Waals surface area contributed by atoms with E-state index in [0.717, 1.165) is 18.8 Å². The third-order valence-corrected chi connectivity index (χ3v) is 4.34. The molecule has 0 radical (unpaired) electrons. The highest BCUT2D eigenvalue weighted by Gasteiger charge is 2.43. The lowest BCUT2D eigenvalue weighted by Crippen LogP contribution is -2.19. The van der Waals surface area contributed by atoms with Crippen LogP contribution in [0.5, 0.6) is 0 Å². The first-order valence-corrected chi connectivity index (χ1v) is 5.91. The molecule has 13 heavy (non-hydrogen) atoms. The van der Waals surface area contributed by atoms with Gasteiger partial charge in [0, 0.05) is 11.3 Å². The summed E-state index contributed by atoms with van der Waals surface area (Å²) >= 11 is 1.76. The fourth-order valence-corrected chi connectivity index (χ4v) is 2.83. The van der Waals surface area contributed by atoms with Crippen molar-refractivity contribution in [3.8, 4) is 0 Å². The Morgan fingerprint density at radius 1 is 1.46 bits per heavy atom. The number of nitrogens with zero attached hydrogens (tertiary/aromatic N) is 1. The monoisotopic (exact) mass is 194 g/mol. The van der Waals surface area contributed by atoms with Crippen LogP contribution in [0.25, 0.3) is 0 Å². The normalized spacial score (nSPS) is 25.6. The van der Waals surface area contributed by atoms with Gasteiger partial charge >= 0.3 is 0 Å². The maximum absolute atomic E-state index is 6.09. The molecule has 0 amide bonds. The summed E-state index contributed by atoms with van der Waals surface area (Å²) in [5.74, 6) is 0.757. The van der Waals surface area contributed by atoms with Crippen LogP contribution in [0.4, 0.5) is 0 Å². The van der Waals surface area contributed by atoms with Gasteiger partial charge < -0.3 is 5.73 Å². The predicted octanol–water partition coefficient (Wildman–Crippen LogP) is 2.36. The Bertz CT molecular complexity index is 323. The molecule has 3 heteroatoms. The van der Waals surface area contributed by atoms with Crippen molar-refractivity contribution >= 4 is 11.3 Å². The molecule has 1 aromatic heterocycles. The second-order valence-corrected chi connectivity index (χ2v) is 5.22. The SMILES string of the molecule is NC1(c2nc(C3CCC3)cs2)CC1. The number of aromatic nitrogens is 1. The lowest BCUT2D eigenvalue weighted by Gasteiger charge is -2.23. The van der Waals surface area contributed by atoms with Gasteiger partial charge in [-0.15, -0.1) is 11.3 Å². The summed E-state index contributed by atoms with van der Waals surface area (Å²) in [7, 11) is 0. The average molecular weight is 194 g/mol. The average Bonchev–Trinajstić information content (AvgIpc) is 2.61. The molecule has 2 nitrogen and oxygen atoms in total. The van der Waals surface area contributed by atoms with E-state index in [1.165, 1.54) is 30.0 Å². The van der Waals surface area contributed by atoms with Crippen LogP contribution in [0.3, 0.4) is 0 Å². The molecule has 70 valence electrons. The zero-order valence-corrected chi connectivity index (χ0v) is 8.44. The van der Waals surface area contributed by atoms with Gasteiger partial charge in [0.2, 0.25) is 0 Å². The van der Waals surface area contributed by atoms with Gasteiger partial charge in [-0.3, -0.25) is 0 Å². The summed E-state index contributed by atoms with van der Waals surface area (Å²) in [4.78, 5) is 4.66. The molecule has 2 aliphatic carbocycles. The Kier molecular flexibility index (Phi) is 1.56. The minimum absolute atomic E-state index is 0.0212. The maximum Gasteiger partial charge on any atom is 0.113 e. The molecule has 2 fully saturated rings. The minimum Gasteiger partial charge on any atom is -0.319 e. The van der Waals surface area contributed by atoms with E-state index in [4.69, 9.17) is 5.73 Å². The molecule has 0 saturated heterocycles. The molecular weight excluding hydrogens is 180 g/mol. The minimum atomic E-state index is -0.0212. The maximum atomic E-state index is 6.09. The van der Waals surface area contributed by atoms with Crippen LogP contribution < -0.4 is 5.73 Å². The van der Waals surface area contributed by atoms with Crippen molar-refractivity contribution in [3.05, 3.63) is 16.1 Å². The van der Waals surface area contributed by atoms with Gasteiger partial charge in [0.25, 0.3) is 0 Å². The van der Waals surface area contributed by atoms with Crippen molar-refractivity contribution in [2.24, 2.45) is 5.73 Å². The zero-order valence-electron chi connectivity index (χ0n) is 7.62. The first-order valence-electron chi connectivity index (χ1n) is 5.03. The lowest BCUT2D eigenvalue weighted by atomic mass is 9.83. The molecule has 0 unspecified atom stereocenters. The van der Waals surface area contributed by atoms with E-state index >= 15 is 0 Å². The van der Waals surface area contributed by atoms with Gasteiger partial charge in [-0.2, -0.15) is 0 Å². The molecule has 0 aliphatic heterocycles. The molecule has 2 N–H and O–H groups in total. The third kappa shape index (κ3) is 1.22. The van der Waals surface area contributed by atoms with Gasteiger partial charge in [-0.25, -0.2) is 4.98 Å². The zero-order chi connectivity index (χ0) is 8.89. The Morgan fingerprint density at radius 3 is 2.77 bits per heavy atom. The van der Waals surface area contributed by atoms with E-state index in [-0.39, 0.29) is 5.54 Å². The first-order chi connectivity index (χ1) is 6.28. The number of thiazole rings is 1. The van der Waals surface area contributed by atoms with Crippen molar-refractivity contribution in [2.75, 3.05) is 0 Å². The highest BCUT2D eigenvalue weighted by atomic mass is 32.1. The van der Waals surface area contributed by atoms with Gasteiger partial charge in [0.1, 0.15) is 5.01 Å². The van der Waals surface area contributed by atoms with Gasteiger partial charge in [0.15, 0.2) is 0 Å². The van der Waals surface area contributed by atoms with E-state index in [2.05, 4.69) is 10.4 Å². The fourth-order valence-electron chi connectivity index (χ4n) is 1.75. The highest BCUT2D eigenvalue weighted by Crippen LogP contribution is 2.45. The summed E-state index contributed by atoms with van der Waals surface area (Å²) in [6.45, 7) is 0. The third-order valence-electron chi connectivity index (χ3n) is 3.26. The molecule has 0 aromatic carbocycles. The molecule has 0 spiro atoms.